The Kier molecular flexibility index (Phi) is 3.19. The number of carboxylic acid groups (broad SMARTS) is 1. The molecule has 19 heavy (non-hydrogen) atoms. The number of aromatic nitrogens is 2. The number of hydrogen-bond donors (Lipinski definition) is 4. The molecule has 0 bridgehead atoms. The Hall–Kier alpha value is -2.83. The molecule has 0 spiro atoms. The minimum atomic E-state index is -1.16. The van der Waals surface area contributed by atoms with E-state index in [9.17, 15) is 14.7 Å². The van der Waals surface area contributed by atoms with Crippen molar-refractivity contribution in [3.63, 3.8) is 0 Å². The number of aromatic hydroxyl groups is 1. The van der Waals surface area contributed by atoms with Gasteiger partial charge in [0.15, 0.2) is 5.69 Å². The van der Waals surface area contributed by atoms with Gasteiger partial charge in [-0.3, -0.25) is 9.89 Å². The zero-order valence-electron chi connectivity index (χ0n) is 9.97. The molecule has 1 heterocycles. The van der Waals surface area contributed by atoms with E-state index in [0.29, 0.717) is 0 Å². The molecule has 0 unspecified atom stereocenters. The molecule has 4 N–H and O–H groups in total. The smallest absolute Gasteiger partial charge is 0.335 e. The molecule has 0 atom stereocenters. The first-order valence-corrected chi connectivity index (χ1v) is 5.37. The highest BCUT2D eigenvalue weighted by Gasteiger charge is 2.13. The number of aromatic carboxylic acids is 1. The van der Waals surface area contributed by atoms with E-state index in [1.807, 2.05) is 0 Å². The zero-order valence-corrected chi connectivity index (χ0v) is 9.97. The summed E-state index contributed by atoms with van der Waals surface area (Å²) in [5, 5.41) is 27.2. The molecule has 0 fully saturated rings. The number of phenolic OH excluding ortho intramolecular Hbond substituents is 1. The highest BCUT2D eigenvalue weighted by atomic mass is 16.4. The fourth-order valence-corrected chi connectivity index (χ4v) is 1.49. The van der Waals surface area contributed by atoms with Gasteiger partial charge >= 0.3 is 5.97 Å². The number of carbonyl (C=O) groups is 2. The molecule has 7 nitrogen and oxygen atoms in total. The molecule has 2 aromatic rings. The average Bonchev–Trinajstić information content (AvgIpc) is 2.78. The molecule has 7 heteroatoms. The molecule has 0 aliphatic carbocycles. The van der Waals surface area contributed by atoms with Crippen molar-refractivity contribution in [1.82, 2.24) is 10.2 Å². The summed E-state index contributed by atoms with van der Waals surface area (Å²) < 4.78 is 0. The number of rotatable bonds is 3. The summed E-state index contributed by atoms with van der Waals surface area (Å²) in [6.07, 6.45) is 0. The Balaban J connectivity index is 2.20. The normalized spacial score (nSPS) is 10.2. The van der Waals surface area contributed by atoms with Crippen LogP contribution in [0.1, 0.15) is 26.5 Å². The first kappa shape index (κ1) is 12.6. The minimum absolute atomic E-state index is 0.0638. The van der Waals surface area contributed by atoms with Crippen LogP contribution in [-0.2, 0) is 0 Å². The largest absolute Gasteiger partial charge is 0.506 e. The SMILES string of the molecule is Cc1cc(C(=O)Nc2ccc(C(=O)O)cc2O)n[nH]1. The fraction of sp³-hybridized carbons (Fsp3) is 0.0833. The molecule has 1 aromatic carbocycles. The molecule has 0 saturated heterocycles. The van der Waals surface area contributed by atoms with Crippen LogP contribution >= 0.6 is 0 Å². The summed E-state index contributed by atoms with van der Waals surface area (Å²) in [4.78, 5) is 22.5. The molecule has 1 amide bonds. The third-order valence-corrected chi connectivity index (χ3v) is 2.43. The van der Waals surface area contributed by atoms with E-state index in [1.54, 1.807) is 13.0 Å². The van der Waals surface area contributed by atoms with Gasteiger partial charge in [-0.05, 0) is 31.2 Å². The second kappa shape index (κ2) is 4.81. The number of aromatic amines is 1. The standard InChI is InChI=1S/C12H11N3O4/c1-6-4-9(15-14-6)11(17)13-8-3-2-7(12(18)19)5-10(8)16/h2-5,16H,1H3,(H,13,17)(H,14,15)(H,18,19). The van der Waals surface area contributed by atoms with Crippen LogP contribution < -0.4 is 5.32 Å². The second-order valence-electron chi connectivity index (χ2n) is 3.93. The van der Waals surface area contributed by atoms with E-state index in [1.165, 1.54) is 12.1 Å². The van der Waals surface area contributed by atoms with Crippen LogP contribution in [0.3, 0.4) is 0 Å². The molecule has 98 valence electrons. The number of carboxylic acids is 1. The number of benzene rings is 1. The number of anilines is 1. The lowest BCUT2D eigenvalue weighted by Crippen LogP contribution is -2.12. The summed E-state index contributed by atoms with van der Waals surface area (Å²) in [5.41, 5.74) is 0.969. The predicted octanol–water partition coefficient (Wildman–Crippen LogP) is 1.37. The third kappa shape index (κ3) is 2.71. The van der Waals surface area contributed by atoms with Crippen molar-refractivity contribution in [3.05, 3.63) is 41.2 Å². The van der Waals surface area contributed by atoms with Gasteiger partial charge in [-0.25, -0.2) is 4.79 Å². The van der Waals surface area contributed by atoms with E-state index in [0.717, 1.165) is 11.8 Å². The first-order chi connectivity index (χ1) is 8.97. The number of carbonyl (C=O) groups excluding carboxylic acids is 1. The zero-order chi connectivity index (χ0) is 14.0. The number of amides is 1. The summed E-state index contributed by atoms with van der Waals surface area (Å²) in [6.45, 7) is 1.75. The molecule has 0 radical (unpaired) electrons. The summed E-state index contributed by atoms with van der Waals surface area (Å²) >= 11 is 0. The van der Waals surface area contributed by atoms with Gasteiger partial charge in [0.2, 0.25) is 0 Å². The van der Waals surface area contributed by atoms with Gasteiger partial charge in [-0.1, -0.05) is 0 Å². The van der Waals surface area contributed by atoms with Gasteiger partial charge < -0.3 is 15.5 Å². The predicted molar refractivity (Wildman–Crippen MR) is 66.3 cm³/mol. The van der Waals surface area contributed by atoms with Gasteiger partial charge in [0.05, 0.1) is 11.3 Å². The topological polar surface area (TPSA) is 115 Å². The van der Waals surface area contributed by atoms with Gasteiger partial charge in [0, 0.05) is 5.69 Å². The number of hydrogen-bond acceptors (Lipinski definition) is 4. The maximum absolute atomic E-state index is 11.8. The highest BCUT2D eigenvalue weighted by Crippen LogP contribution is 2.24. The van der Waals surface area contributed by atoms with Crippen LogP contribution in [0.5, 0.6) is 5.75 Å². The molecule has 2 rings (SSSR count). The molecular weight excluding hydrogens is 250 g/mol. The van der Waals surface area contributed by atoms with Crippen LogP contribution in [0.4, 0.5) is 5.69 Å². The third-order valence-electron chi connectivity index (χ3n) is 2.43. The Morgan fingerprint density at radius 1 is 1.32 bits per heavy atom. The van der Waals surface area contributed by atoms with Crippen LogP contribution in [0.2, 0.25) is 0 Å². The summed E-state index contributed by atoms with van der Waals surface area (Å²) in [5.74, 6) is -1.97. The van der Waals surface area contributed by atoms with Crippen molar-refractivity contribution in [2.45, 2.75) is 6.92 Å². The van der Waals surface area contributed by atoms with E-state index in [4.69, 9.17) is 5.11 Å². The van der Waals surface area contributed by atoms with Gasteiger partial charge in [0.1, 0.15) is 5.75 Å². The van der Waals surface area contributed by atoms with Crippen molar-refractivity contribution in [1.29, 1.82) is 0 Å². The lowest BCUT2D eigenvalue weighted by Gasteiger charge is -2.06. The van der Waals surface area contributed by atoms with Gasteiger partial charge in [-0.2, -0.15) is 5.10 Å². The summed E-state index contributed by atoms with van der Waals surface area (Å²) in [6, 6.07) is 5.22. The van der Waals surface area contributed by atoms with Crippen LogP contribution in [0.25, 0.3) is 0 Å². The van der Waals surface area contributed by atoms with Gasteiger partial charge in [-0.15, -0.1) is 0 Å². The maximum Gasteiger partial charge on any atom is 0.335 e. The first-order valence-electron chi connectivity index (χ1n) is 5.37. The molecule has 0 aliphatic heterocycles. The number of nitrogens with one attached hydrogen (secondary N) is 2. The van der Waals surface area contributed by atoms with E-state index < -0.39 is 11.9 Å². The number of aryl methyl sites for hydroxylation is 1. The Morgan fingerprint density at radius 3 is 2.58 bits per heavy atom. The minimum Gasteiger partial charge on any atom is -0.506 e. The fourth-order valence-electron chi connectivity index (χ4n) is 1.49. The Labute approximate surface area is 107 Å². The second-order valence-corrected chi connectivity index (χ2v) is 3.93. The number of H-pyrrole nitrogens is 1. The van der Waals surface area contributed by atoms with E-state index in [-0.39, 0.29) is 22.7 Å². The quantitative estimate of drug-likeness (QED) is 0.623. The van der Waals surface area contributed by atoms with Crippen molar-refractivity contribution in [3.8, 4) is 5.75 Å². The lowest BCUT2D eigenvalue weighted by atomic mass is 10.2. The van der Waals surface area contributed by atoms with E-state index in [2.05, 4.69) is 15.5 Å². The maximum atomic E-state index is 11.8. The lowest BCUT2D eigenvalue weighted by molar-refractivity contribution is 0.0696. The van der Waals surface area contributed by atoms with E-state index >= 15 is 0 Å². The number of phenols is 1. The number of nitrogens with zero attached hydrogens (tertiary/aromatic N) is 1. The van der Waals surface area contributed by atoms with Crippen molar-refractivity contribution >= 4 is 17.6 Å². The van der Waals surface area contributed by atoms with Crippen LogP contribution in [-0.4, -0.2) is 32.3 Å². The van der Waals surface area contributed by atoms with Crippen LogP contribution in [0, 0.1) is 6.92 Å². The van der Waals surface area contributed by atoms with Crippen molar-refractivity contribution < 1.29 is 19.8 Å². The Morgan fingerprint density at radius 2 is 2.05 bits per heavy atom. The van der Waals surface area contributed by atoms with Crippen LogP contribution in [0.15, 0.2) is 24.3 Å². The average molecular weight is 261 g/mol. The monoisotopic (exact) mass is 261 g/mol. The Bertz CT molecular complexity index is 648. The molecule has 1 aromatic heterocycles. The molecule has 0 saturated carbocycles. The summed E-state index contributed by atoms with van der Waals surface area (Å²) in [7, 11) is 0. The highest BCUT2D eigenvalue weighted by molar-refractivity contribution is 6.04. The van der Waals surface area contributed by atoms with Gasteiger partial charge in [0.25, 0.3) is 5.91 Å². The molecular formula is C12H11N3O4. The molecule has 0 aliphatic rings. The van der Waals surface area contributed by atoms with Crippen molar-refractivity contribution in [2.75, 3.05) is 5.32 Å². The van der Waals surface area contributed by atoms with Crippen molar-refractivity contribution in [2.24, 2.45) is 0 Å².